The highest BCUT2D eigenvalue weighted by molar-refractivity contribution is 7.88. The van der Waals surface area contributed by atoms with Gasteiger partial charge in [0.25, 0.3) is 5.91 Å². The first kappa shape index (κ1) is 22.8. The van der Waals surface area contributed by atoms with Crippen molar-refractivity contribution in [2.45, 2.75) is 32.9 Å². The Kier molecular flexibility index (Phi) is 7.37. The first-order valence-corrected chi connectivity index (χ1v) is 11.2. The number of sulfonamides is 1. The molecule has 0 aliphatic rings. The molecule has 158 valence electrons. The van der Waals surface area contributed by atoms with Crippen molar-refractivity contribution in [3.05, 3.63) is 59.4 Å². The second-order valence-electron chi connectivity index (χ2n) is 7.27. The Morgan fingerprint density at radius 2 is 1.86 bits per heavy atom. The van der Waals surface area contributed by atoms with Gasteiger partial charge in [0, 0.05) is 43.6 Å². The third-order valence-corrected chi connectivity index (χ3v) is 6.08. The number of carbonyl (C=O) groups is 1. The fourth-order valence-electron chi connectivity index (χ4n) is 3.03. The van der Waals surface area contributed by atoms with Gasteiger partial charge >= 0.3 is 0 Å². The van der Waals surface area contributed by atoms with E-state index in [1.807, 2.05) is 38.9 Å². The van der Waals surface area contributed by atoms with Crippen molar-refractivity contribution in [2.24, 2.45) is 0 Å². The molecule has 2 aromatic rings. The molecular weight excluding hydrogens is 393 g/mol. The van der Waals surface area contributed by atoms with Crippen LogP contribution in [0.3, 0.4) is 0 Å². The summed E-state index contributed by atoms with van der Waals surface area (Å²) < 4.78 is 39.4. The van der Waals surface area contributed by atoms with Crippen LogP contribution in [0.1, 0.15) is 36.2 Å². The Balaban J connectivity index is 2.37. The van der Waals surface area contributed by atoms with Gasteiger partial charge in [-0.15, -0.1) is 0 Å². The lowest BCUT2D eigenvalue weighted by molar-refractivity contribution is 0.102. The van der Waals surface area contributed by atoms with Crippen LogP contribution in [0.4, 0.5) is 15.8 Å². The van der Waals surface area contributed by atoms with Crippen LogP contribution in [-0.2, 0) is 16.6 Å². The molecule has 0 heterocycles. The molecule has 2 aromatic carbocycles. The van der Waals surface area contributed by atoms with Crippen LogP contribution in [0, 0.1) is 5.82 Å². The summed E-state index contributed by atoms with van der Waals surface area (Å²) in [6.45, 7) is 3.99. The van der Waals surface area contributed by atoms with Gasteiger partial charge in [-0.25, -0.2) is 12.8 Å². The number of halogens is 1. The minimum Gasteiger partial charge on any atom is -0.377 e. The van der Waals surface area contributed by atoms with E-state index in [-0.39, 0.29) is 18.2 Å². The highest BCUT2D eigenvalue weighted by Crippen LogP contribution is 2.27. The Morgan fingerprint density at radius 3 is 2.41 bits per heavy atom. The van der Waals surface area contributed by atoms with E-state index in [2.05, 4.69) is 5.32 Å². The van der Waals surface area contributed by atoms with Crippen molar-refractivity contribution in [3.63, 3.8) is 0 Å². The van der Waals surface area contributed by atoms with Crippen molar-refractivity contribution in [1.29, 1.82) is 0 Å². The van der Waals surface area contributed by atoms with Gasteiger partial charge in [-0.05, 0) is 55.3 Å². The van der Waals surface area contributed by atoms with Crippen LogP contribution < -0.4 is 10.2 Å². The number of rotatable bonds is 8. The molecule has 0 aliphatic heterocycles. The molecule has 0 saturated heterocycles. The van der Waals surface area contributed by atoms with E-state index in [1.165, 1.54) is 34.8 Å². The van der Waals surface area contributed by atoms with Gasteiger partial charge < -0.3 is 10.2 Å². The summed E-state index contributed by atoms with van der Waals surface area (Å²) in [6, 6.07) is 10.6. The van der Waals surface area contributed by atoms with E-state index in [4.69, 9.17) is 0 Å². The smallest absolute Gasteiger partial charge is 0.255 e. The third-order valence-electron chi connectivity index (χ3n) is 4.74. The molecule has 29 heavy (non-hydrogen) atoms. The Bertz CT molecular complexity index is 977. The van der Waals surface area contributed by atoms with Gasteiger partial charge in [0.1, 0.15) is 5.82 Å². The van der Waals surface area contributed by atoms with Crippen molar-refractivity contribution in [2.75, 3.05) is 30.6 Å². The van der Waals surface area contributed by atoms with Crippen LogP contribution in [-0.4, -0.2) is 45.0 Å². The van der Waals surface area contributed by atoms with E-state index >= 15 is 0 Å². The summed E-state index contributed by atoms with van der Waals surface area (Å²) in [5.74, 6) is -0.923. The van der Waals surface area contributed by atoms with Crippen molar-refractivity contribution in [1.82, 2.24) is 4.31 Å². The molecule has 1 amide bonds. The largest absolute Gasteiger partial charge is 0.377 e. The molecule has 0 saturated carbocycles. The SMILES string of the molecule is CCC(C)N(Cc1cc(NC(=O)c2cccc(F)c2)ccc1N(C)C)S(C)(=O)=O. The second-order valence-corrected chi connectivity index (χ2v) is 9.20. The summed E-state index contributed by atoms with van der Waals surface area (Å²) in [5.41, 5.74) is 2.33. The molecule has 8 heteroatoms. The van der Waals surface area contributed by atoms with Crippen molar-refractivity contribution in [3.8, 4) is 0 Å². The molecule has 0 radical (unpaired) electrons. The van der Waals surface area contributed by atoms with E-state index in [0.717, 1.165) is 11.3 Å². The number of benzene rings is 2. The number of nitrogens with one attached hydrogen (secondary N) is 1. The van der Waals surface area contributed by atoms with Crippen molar-refractivity contribution >= 4 is 27.3 Å². The van der Waals surface area contributed by atoms with E-state index in [9.17, 15) is 17.6 Å². The molecule has 0 spiro atoms. The molecule has 1 unspecified atom stereocenters. The molecule has 0 aliphatic carbocycles. The highest BCUT2D eigenvalue weighted by atomic mass is 32.2. The summed E-state index contributed by atoms with van der Waals surface area (Å²) in [6.07, 6.45) is 1.88. The fourth-order valence-corrected chi connectivity index (χ4v) is 4.21. The molecule has 1 N–H and O–H groups in total. The predicted molar refractivity (Wildman–Crippen MR) is 115 cm³/mol. The third kappa shape index (κ3) is 6.01. The number of hydrogen-bond donors (Lipinski definition) is 1. The van der Waals surface area contributed by atoms with Gasteiger partial charge in [-0.2, -0.15) is 4.31 Å². The van der Waals surface area contributed by atoms with Crippen LogP contribution in [0.15, 0.2) is 42.5 Å². The van der Waals surface area contributed by atoms with Crippen molar-refractivity contribution < 1.29 is 17.6 Å². The van der Waals surface area contributed by atoms with Gasteiger partial charge in [0.05, 0.1) is 6.26 Å². The highest BCUT2D eigenvalue weighted by Gasteiger charge is 2.24. The molecule has 2 rings (SSSR count). The monoisotopic (exact) mass is 421 g/mol. The molecule has 6 nitrogen and oxygen atoms in total. The summed E-state index contributed by atoms with van der Waals surface area (Å²) >= 11 is 0. The predicted octanol–water partition coefficient (Wildman–Crippen LogP) is 3.70. The van der Waals surface area contributed by atoms with Crippen LogP contribution in [0.2, 0.25) is 0 Å². The first-order valence-electron chi connectivity index (χ1n) is 9.37. The van der Waals surface area contributed by atoms with E-state index in [1.54, 1.807) is 12.1 Å². The number of nitrogens with zero attached hydrogens (tertiary/aromatic N) is 2. The Morgan fingerprint density at radius 1 is 1.17 bits per heavy atom. The summed E-state index contributed by atoms with van der Waals surface area (Å²) in [5, 5.41) is 2.76. The molecule has 0 fully saturated rings. The van der Waals surface area contributed by atoms with Crippen LogP contribution >= 0.6 is 0 Å². The maximum absolute atomic E-state index is 13.4. The zero-order valence-electron chi connectivity index (χ0n) is 17.4. The summed E-state index contributed by atoms with van der Waals surface area (Å²) in [4.78, 5) is 14.3. The van der Waals surface area contributed by atoms with Gasteiger partial charge in [0.15, 0.2) is 0 Å². The maximum Gasteiger partial charge on any atom is 0.255 e. The fraction of sp³-hybridized carbons (Fsp3) is 0.381. The first-order chi connectivity index (χ1) is 13.5. The van der Waals surface area contributed by atoms with Crippen LogP contribution in [0.25, 0.3) is 0 Å². The Labute approximate surface area is 172 Å². The zero-order valence-corrected chi connectivity index (χ0v) is 18.3. The average molecular weight is 422 g/mol. The minimum atomic E-state index is -3.41. The minimum absolute atomic E-state index is 0.162. The summed E-state index contributed by atoms with van der Waals surface area (Å²) in [7, 11) is 0.331. The molecule has 0 aromatic heterocycles. The van der Waals surface area contributed by atoms with E-state index < -0.39 is 21.7 Å². The van der Waals surface area contributed by atoms with E-state index in [0.29, 0.717) is 12.1 Å². The number of hydrogen-bond acceptors (Lipinski definition) is 4. The normalized spacial score (nSPS) is 12.7. The lowest BCUT2D eigenvalue weighted by Crippen LogP contribution is -2.37. The van der Waals surface area contributed by atoms with Gasteiger partial charge in [-0.1, -0.05) is 13.0 Å². The zero-order chi connectivity index (χ0) is 21.8. The number of carbonyl (C=O) groups excluding carboxylic acids is 1. The molecular formula is C21H28FN3O3S. The number of anilines is 2. The quantitative estimate of drug-likeness (QED) is 0.706. The lowest BCUT2D eigenvalue weighted by Gasteiger charge is -2.28. The second kappa shape index (κ2) is 9.37. The van der Waals surface area contributed by atoms with Gasteiger partial charge in [0.2, 0.25) is 10.0 Å². The number of amides is 1. The maximum atomic E-state index is 13.4. The topological polar surface area (TPSA) is 69.7 Å². The molecule has 1 atom stereocenters. The average Bonchev–Trinajstić information content (AvgIpc) is 2.64. The standard InChI is InChI=1S/C21H28FN3O3S/c1-6-15(2)25(29(5,27)28)14-17-13-19(10-11-20(17)24(3)4)23-21(26)16-8-7-9-18(22)12-16/h7-13,15H,6,14H2,1-5H3,(H,23,26). The lowest BCUT2D eigenvalue weighted by atomic mass is 10.1. The van der Waals surface area contributed by atoms with Gasteiger partial charge in [-0.3, -0.25) is 4.79 Å². The molecule has 0 bridgehead atoms. The Hall–Kier alpha value is -2.45. The van der Waals surface area contributed by atoms with Crippen LogP contribution in [0.5, 0.6) is 0 Å².